The lowest BCUT2D eigenvalue weighted by Crippen LogP contribution is -2.28. The van der Waals surface area contributed by atoms with E-state index in [9.17, 15) is 5.11 Å². The van der Waals surface area contributed by atoms with Gasteiger partial charge in [0.15, 0.2) is 0 Å². The van der Waals surface area contributed by atoms with Gasteiger partial charge in [-0.3, -0.25) is 0 Å². The first-order valence-electron chi connectivity index (χ1n) is 5.34. The number of hydrogen-bond donors (Lipinski definition) is 2. The van der Waals surface area contributed by atoms with Crippen molar-refractivity contribution in [3.8, 4) is 0 Å². The average molecular weight is 244 g/mol. The maximum Gasteiger partial charge on any atom is 0.0966 e. The zero-order valence-electron chi connectivity index (χ0n) is 9.56. The first-order chi connectivity index (χ1) is 7.56. The molecule has 0 aliphatic carbocycles. The van der Waals surface area contributed by atoms with Crippen molar-refractivity contribution in [3.63, 3.8) is 0 Å². The van der Waals surface area contributed by atoms with Gasteiger partial charge in [-0.25, -0.2) is 0 Å². The van der Waals surface area contributed by atoms with Crippen LogP contribution in [0.5, 0.6) is 0 Å². The Hall–Kier alpha value is -0.610. The molecule has 0 aromatic heterocycles. The summed E-state index contributed by atoms with van der Waals surface area (Å²) in [5.74, 6) is 0. The highest BCUT2D eigenvalue weighted by Crippen LogP contribution is 2.26. The molecule has 0 aliphatic rings. The molecular formula is C12H18ClNO2. The summed E-state index contributed by atoms with van der Waals surface area (Å²) >= 11 is 6.06. The quantitative estimate of drug-likeness (QED) is 0.833. The van der Waals surface area contributed by atoms with Crippen LogP contribution in [0.15, 0.2) is 24.3 Å². The summed E-state index contributed by atoms with van der Waals surface area (Å²) in [5.41, 5.74) is 6.52. The van der Waals surface area contributed by atoms with Crippen LogP contribution in [0.1, 0.15) is 25.5 Å². The molecule has 0 saturated heterocycles. The van der Waals surface area contributed by atoms with Crippen molar-refractivity contribution in [1.29, 1.82) is 0 Å². The Morgan fingerprint density at radius 2 is 2.00 bits per heavy atom. The Kier molecular flexibility index (Phi) is 5.22. The predicted molar refractivity (Wildman–Crippen MR) is 65.5 cm³/mol. The van der Waals surface area contributed by atoms with E-state index in [-0.39, 0.29) is 12.2 Å². The Bertz CT molecular complexity index is 331. The maximum atomic E-state index is 9.38. The lowest BCUT2D eigenvalue weighted by atomic mass is 10.1. The molecule has 1 aromatic rings. The molecule has 3 unspecified atom stereocenters. The number of hydrogen-bond acceptors (Lipinski definition) is 3. The van der Waals surface area contributed by atoms with Gasteiger partial charge in [0, 0.05) is 17.1 Å². The van der Waals surface area contributed by atoms with Gasteiger partial charge < -0.3 is 15.6 Å². The highest BCUT2D eigenvalue weighted by molar-refractivity contribution is 6.31. The van der Waals surface area contributed by atoms with Crippen molar-refractivity contribution in [2.75, 3.05) is 6.54 Å². The van der Waals surface area contributed by atoms with Crippen molar-refractivity contribution >= 4 is 11.6 Å². The fourth-order valence-electron chi connectivity index (χ4n) is 1.36. The van der Waals surface area contributed by atoms with Crippen LogP contribution in [0.4, 0.5) is 0 Å². The first-order valence-corrected chi connectivity index (χ1v) is 5.72. The first kappa shape index (κ1) is 13.5. The van der Waals surface area contributed by atoms with Crippen molar-refractivity contribution in [2.45, 2.75) is 32.2 Å². The van der Waals surface area contributed by atoms with E-state index in [0.29, 0.717) is 11.6 Å². The molecule has 3 N–H and O–H groups in total. The second-order valence-electron chi connectivity index (χ2n) is 3.83. The minimum atomic E-state index is -0.531. The highest BCUT2D eigenvalue weighted by atomic mass is 35.5. The molecule has 0 radical (unpaired) electrons. The Morgan fingerprint density at radius 1 is 1.38 bits per heavy atom. The van der Waals surface area contributed by atoms with Crippen LogP contribution in [0, 0.1) is 0 Å². The monoisotopic (exact) mass is 243 g/mol. The Labute approximate surface area is 101 Å². The van der Waals surface area contributed by atoms with Gasteiger partial charge in [-0.2, -0.15) is 0 Å². The van der Waals surface area contributed by atoms with E-state index >= 15 is 0 Å². The largest absolute Gasteiger partial charge is 0.391 e. The number of ether oxygens (including phenoxy) is 1. The number of aliphatic hydroxyl groups is 1. The summed E-state index contributed by atoms with van der Waals surface area (Å²) in [6, 6.07) is 7.43. The fourth-order valence-corrected chi connectivity index (χ4v) is 1.62. The lowest BCUT2D eigenvalue weighted by Gasteiger charge is -2.24. The molecule has 0 amide bonds. The summed E-state index contributed by atoms with van der Waals surface area (Å²) in [6.45, 7) is 3.83. The van der Waals surface area contributed by atoms with E-state index in [2.05, 4.69) is 0 Å². The molecule has 1 aromatic carbocycles. The minimum Gasteiger partial charge on any atom is -0.391 e. The van der Waals surface area contributed by atoms with Gasteiger partial charge in [0.25, 0.3) is 0 Å². The van der Waals surface area contributed by atoms with Crippen LogP contribution >= 0.6 is 11.6 Å². The van der Waals surface area contributed by atoms with Gasteiger partial charge in [-0.1, -0.05) is 29.8 Å². The number of benzene rings is 1. The molecule has 3 atom stereocenters. The van der Waals surface area contributed by atoms with Crippen molar-refractivity contribution in [1.82, 2.24) is 0 Å². The van der Waals surface area contributed by atoms with E-state index in [0.717, 1.165) is 5.56 Å². The SMILES string of the molecule is CC(O)C(C)OC(CN)c1ccccc1Cl. The molecule has 1 rings (SSSR count). The molecular weight excluding hydrogens is 226 g/mol. The normalized spacial score (nSPS) is 16.8. The van der Waals surface area contributed by atoms with Crippen LogP contribution in [0.3, 0.4) is 0 Å². The summed E-state index contributed by atoms with van der Waals surface area (Å²) in [5, 5.41) is 10.0. The summed E-state index contributed by atoms with van der Waals surface area (Å²) < 4.78 is 5.67. The van der Waals surface area contributed by atoms with Crippen LogP contribution in [0.2, 0.25) is 5.02 Å². The Balaban J connectivity index is 2.79. The minimum absolute atomic E-state index is 0.273. The summed E-state index contributed by atoms with van der Waals surface area (Å²) in [7, 11) is 0. The molecule has 0 fully saturated rings. The number of halogens is 1. The van der Waals surface area contributed by atoms with E-state index in [1.165, 1.54) is 0 Å². The molecule has 3 nitrogen and oxygen atoms in total. The third-order valence-corrected chi connectivity index (χ3v) is 2.87. The van der Waals surface area contributed by atoms with E-state index in [1.54, 1.807) is 13.0 Å². The van der Waals surface area contributed by atoms with Gasteiger partial charge in [-0.05, 0) is 19.9 Å². The van der Waals surface area contributed by atoms with Gasteiger partial charge in [0.1, 0.15) is 0 Å². The number of rotatable bonds is 5. The summed E-state index contributed by atoms with van der Waals surface area (Å²) in [6.07, 6.45) is -1.08. The van der Waals surface area contributed by atoms with E-state index in [1.807, 2.05) is 25.1 Å². The standard InChI is InChI=1S/C12H18ClNO2/c1-8(15)9(2)16-12(7-14)10-5-3-4-6-11(10)13/h3-6,8-9,12,15H,7,14H2,1-2H3. The van der Waals surface area contributed by atoms with Crippen LogP contribution in [0.25, 0.3) is 0 Å². The third kappa shape index (κ3) is 3.46. The van der Waals surface area contributed by atoms with Crippen molar-refractivity contribution in [2.24, 2.45) is 5.73 Å². The van der Waals surface area contributed by atoms with Crippen LogP contribution < -0.4 is 5.73 Å². The lowest BCUT2D eigenvalue weighted by molar-refractivity contribution is -0.0591. The zero-order chi connectivity index (χ0) is 12.1. The molecule has 16 heavy (non-hydrogen) atoms. The summed E-state index contributed by atoms with van der Waals surface area (Å²) in [4.78, 5) is 0. The van der Waals surface area contributed by atoms with Gasteiger partial charge >= 0.3 is 0 Å². The van der Waals surface area contributed by atoms with Gasteiger partial charge in [0.2, 0.25) is 0 Å². The Morgan fingerprint density at radius 3 is 2.50 bits per heavy atom. The van der Waals surface area contributed by atoms with Crippen molar-refractivity contribution < 1.29 is 9.84 Å². The predicted octanol–water partition coefficient (Wildman–Crippen LogP) is 2.13. The smallest absolute Gasteiger partial charge is 0.0966 e. The highest BCUT2D eigenvalue weighted by Gasteiger charge is 2.18. The second kappa shape index (κ2) is 6.21. The molecule has 90 valence electrons. The van der Waals surface area contributed by atoms with Gasteiger partial charge in [0.05, 0.1) is 18.3 Å². The molecule has 4 heteroatoms. The van der Waals surface area contributed by atoms with Crippen molar-refractivity contribution in [3.05, 3.63) is 34.9 Å². The second-order valence-corrected chi connectivity index (χ2v) is 4.23. The maximum absolute atomic E-state index is 9.38. The van der Waals surface area contributed by atoms with E-state index < -0.39 is 6.10 Å². The van der Waals surface area contributed by atoms with E-state index in [4.69, 9.17) is 22.1 Å². The number of aliphatic hydroxyl groups excluding tert-OH is 1. The van der Waals surface area contributed by atoms with Crippen LogP contribution in [-0.2, 0) is 4.74 Å². The fraction of sp³-hybridized carbons (Fsp3) is 0.500. The zero-order valence-corrected chi connectivity index (χ0v) is 10.3. The number of nitrogens with two attached hydrogens (primary N) is 1. The van der Waals surface area contributed by atoms with Gasteiger partial charge in [-0.15, -0.1) is 0 Å². The van der Waals surface area contributed by atoms with Crippen LogP contribution in [-0.4, -0.2) is 23.9 Å². The topological polar surface area (TPSA) is 55.5 Å². The molecule has 0 heterocycles. The molecule has 0 bridgehead atoms. The molecule has 0 saturated carbocycles. The average Bonchev–Trinajstić information content (AvgIpc) is 2.26. The third-order valence-electron chi connectivity index (χ3n) is 2.52. The molecule has 0 spiro atoms. The molecule has 0 aliphatic heterocycles.